The molecule has 0 spiro atoms. The van der Waals surface area contributed by atoms with Gasteiger partial charge in [-0.15, -0.1) is 0 Å². The zero-order valence-electron chi connectivity index (χ0n) is 13.3. The van der Waals surface area contributed by atoms with Crippen molar-refractivity contribution in [3.05, 3.63) is 63.2 Å². The topological polar surface area (TPSA) is 108 Å². The maximum absolute atomic E-state index is 12.8. The van der Waals surface area contributed by atoms with Crippen LogP contribution in [-0.2, 0) is 11.2 Å². The second kappa shape index (κ2) is 6.60. The first-order chi connectivity index (χ1) is 12.0. The molecule has 0 aromatic heterocycles. The van der Waals surface area contributed by atoms with Crippen LogP contribution in [0.25, 0.3) is 0 Å². The van der Waals surface area contributed by atoms with Gasteiger partial charge in [0.1, 0.15) is 0 Å². The van der Waals surface area contributed by atoms with Crippen molar-refractivity contribution in [1.82, 2.24) is 5.32 Å². The second-order valence-electron chi connectivity index (χ2n) is 5.35. The van der Waals surface area contributed by atoms with Gasteiger partial charge in [0.05, 0.1) is 11.3 Å². The SMILES string of the molecule is CNC(=O)Cc1cc2c(cc1C(=O)c1ccc([N+](=O)[O-])cc1)OCO2. The summed E-state index contributed by atoms with van der Waals surface area (Å²) in [4.78, 5) is 34.8. The highest BCUT2D eigenvalue weighted by molar-refractivity contribution is 6.11. The number of likely N-dealkylation sites (N-methyl/N-ethyl adjacent to an activating group) is 1. The van der Waals surface area contributed by atoms with E-state index in [9.17, 15) is 19.7 Å². The van der Waals surface area contributed by atoms with Crippen molar-refractivity contribution in [2.75, 3.05) is 13.8 Å². The fraction of sp³-hybridized carbons (Fsp3) is 0.176. The fourth-order valence-corrected chi connectivity index (χ4v) is 2.49. The van der Waals surface area contributed by atoms with E-state index in [0.717, 1.165) is 0 Å². The number of non-ortho nitro benzene ring substituents is 1. The molecule has 1 heterocycles. The summed E-state index contributed by atoms with van der Waals surface area (Å²) in [5, 5.41) is 13.2. The first-order valence-electron chi connectivity index (χ1n) is 7.42. The Morgan fingerprint density at radius 1 is 1.16 bits per heavy atom. The van der Waals surface area contributed by atoms with E-state index in [1.54, 1.807) is 6.07 Å². The number of hydrogen-bond donors (Lipinski definition) is 1. The standard InChI is InChI=1S/C17H14N2O6/c1-18-16(20)7-11-6-14-15(25-9-24-14)8-13(11)17(21)10-2-4-12(5-3-10)19(22)23/h2-6,8H,7,9H2,1H3,(H,18,20). The molecule has 8 heteroatoms. The minimum atomic E-state index is -0.536. The lowest BCUT2D eigenvalue weighted by Crippen LogP contribution is -2.21. The number of nitro benzene ring substituents is 1. The van der Waals surface area contributed by atoms with Gasteiger partial charge in [-0.3, -0.25) is 19.7 Å². The Morgan fingerprint density at radius 2 is 1.80 bits per heavy atom. The minimum absolute atomic E-state index is 0.00119. The Labute approximate surface area is 142 Å². The van der Waals surface area contributed by atoms with E-state index in [2.05, 4.69) is 5.32 Å². The summed E-state index contributed by atoms with van der Waals surface area (Å²) in [6, 6.07) is 8.43. The van der Waals surface area contributed by atoms with Crippen LogP contribution in [0.2, 0.25) is 0 Å². The van der Waals surface area contributed by atoms with Crippen molar-refractivity contribution in [2.24, 2.45) is 0 Å². The van der Waals surface area contributed by atoms with Crippen molar-refractivity contribution in [2.45, 2.75) is 6.42 Å². The van der Waals surface area contributed by atoms with E-state index < -0.39 is 4.92 Å². The molecule has 8 nitrogen and oxygen atoms in total. The van der Waals surface area contributed by atoms with E-state index in [-0.39, 0.29) is 36.2 Å². The normalized spacial score (nSPS) is 11.9. The molecule has 0 saturated carbocycles. The number of nitro groups is 1. The molecule has 0 unspecified atom stereocenters. The van der Waals surface area contributed by atoms with Crippen LogP contribution in [0.15, 0.2) is 36.4 Å². The monoisotopic (exact) mass is 342 g/mol. The van der Waals surface area contributed by atoms with Gasteiger partial charge in [-0.05, 0) is 29.8 Å². The molecular weight excluding hydrogens is 328 g/mol. The molecule has 25 heavy (non-hydrogen) atoms. The van der Waals surface area contributed by atoms with Gasteiger partial charge < -0.3 is 14.8 Å². The van der Waals surface area contributed by atoms with Gasteiger partial charge in [-0.1, -0.05) is 0 Å². The Balaban J connectivity index is 2.00. The molecule has 3 rings (SSSR count). The summed E-state index contributed by atoms with van der Waals surface area (Å²) < 4.78 is 10.6. The van der Waals surface area contributed by atoms with Crippen LogP contribution >= 0.6 is 0 Å². The van der Waals surface area contributed by atoms with Gasteiger partial charge in [0.15, 0.2) is 17.3 Å². The third kappa shape index (κ3) is 3.27. The molecule has 0 fully saturated rings. The number of fused-ring (bicyclic) bond motifs is 1. The van der Waals surface area contributed by atoms with Crippen molar-refractivity contribution >= 4 is 17.4 Å². The highest BCUT2D eigenvalue weighted by Gasteiger charge is 2.23. The first kappa shape index (κ1) is 16.4. The highest BCUT2D eigenvalue weighted by Crippen LogP contribution is 2.36. The fourth-order valence-electron chi connectivity index (χ4n) is 2.49. The molecule has 0 atom stereocenters. The quantitative estimate of drug-likeness (QED) is 0.505. The van der Waals surface area contributed by atoms with Gasteiger partial charge >= 0.3 is 0 Å². The number of carbonyl (C=O) groups is 2. The number of benzene rings is 2. The van der Waals surface area contributed by atoms with Gasteiger partial charge in [0.25, 0.3) is 5.69 Å². The van der Waals surface area contributed by atoms with Gasteiger partial charge in [0, 0.05) is 30.3 Å². The predicted octanol–water partition coefficient (Wildman–Crippen LogP) is 1.84. The average molecular weight is 342 g/mol. The van der Waals surface area contributed by atoms with Crippen LogP contribution in [0.3, 0.4) is 0 Å². The molecule has 1 aliphatic heterocycles. The minimum Gasteiger partial charge on any atom is -0.454 e. The lowest BCUT2D eigenvalue weighted by molar-refractivity contribution is -0.384. The van der Waals surface area contributed by atoms with Crippen LogP contribution in [0.5, 0.6) is 11.5 Å². The van der Waals surface area contributed by atoms with Crippen molar-refractivity contribution in [3.8, 4) is 11.5 Å². The number of amides is 1. The van der Waals surface area contributed by atoms with E-state index in [4.69, 9.17) is 9.47 Å². The maximum Gasteiger partial charge on any atom is 0.269 e. The summed E-state index contributed by atoms with van der Waals surface area (Å²) in [7, 11) is 1.51. The van der Waals surface area contributed by atoms with Crippen molar-refractivity contribution in [1.29, 1.82) is 0 Å². The van der Waals surface area contributed by atoms with E-state index in [0.29, 0.717) is 22.6 Å². The zero-order valence-corrected chi connectivity index (χ0v) is 13.3. The lowest BCUT2D eigenvalue weighted by atomic mass is 9.95. The summed E-state index contributed by atoms with van der Waals surface area (Å²) in [6.45, 7) is 0.0456. The first-order valence-corrected chi connectivity index (χ1v) is 7.42. The number of nitrogens with zero attached hydrogens (tertiary/aromatic N) is 1. The number of ether oxygens (including phenoxy) is 2. The Bertz CT molecular complexity index is 860. The molecular formula is C17H14N2O6. The molecule has 0 saturated heterocycles. The number of carbonyl (C=O) groups excluding carboxylic acids is 2. The molecule has 0 aliphatic carbocycles. The van der Waals surface area contributed by atoms with Crippen LogP contribution in [0.4, 0.5) is 5.69 Å². The molecule has 1 N–H and O–H groups in total. The summed E-state index contributed by atoms with van der Waals surface area (Å²) in [6.07, 6.45) is 0.00119. The zero-order chi connectivity index (χ0) is 18.0. The van der Waals surface area contributed by atoms with Crippen molar-refractivity contribution < 1.29 is 24.0 Å². The van der Waals surface area contributed by atoms with Gasteiger partial charge in [-0.2, -0.15) is 0 Å². The van der Waals surface area contributed by atoms with Gasteiger partial charge in [-0.25, -0.2) is 0 Å². The smallest absolute Gasteiger partial charge is 0.269 e. The molecule has 2 aromatic carbocycles. The number of rotatable bonds is 5. The van der Waals surface area contributed by atoms with Crippen LogP contribution in [0, 0.1) is 10.1 Å². The lowest BCUT2D eigenvalue weighted by Gasteiger charge is -2.10. The predicted molar refractivity (Wildman–Crippen MR) is 86.9 cm³/mol. The highest BCUT2D eigenvalue weighted by atomic mass is 16.7. The summed E-state index contributed by atoms with van der Waals surface area (Å²) in [5.74, 6) is 0.286. The van der Waals surface area contributed by atoms with E-state index >= 15 is 0 Å². The summed E-state index contributed by atoms with van der Waals surface area (Å²) >= 11 is 0. The third-order valence-corrected chi connectivity index (χ3v) is 3.81. The number of nitrogens with one attached hydrogen (secondary N) is 1. The van der Waals surface area contributed by atoms with E-state index in [1.807, 2.05) is 0 Å². The second-order valence-corrected chi connectivity index (χ2v) is 5.35. The molecule has 2 aromatic rings. The average Bonchev–Trinajstić information content (AvgIpc) is 3.07. The maximum atomic E-state index is 12.8. The van der Waals surface area contributed by atoms with Crippen LogP contribution in [-0.4, -0.2) is 30.5 Å². The van der Waals surface area contributed by atoms with Gasteiger partial charge in [0.2, 0.25) is 12.7 Å². The van der Waals surface area contributed by atoms with Crippen LogP contribution < -0.4 is 14.8 Å². The molecule has 128 valence electrons. The Kier molecular flexibility index (Phi) is 4.34. The third-order valence-electron chi connectivity index (χ3n) is 3.81. The summed E-state index contributed by atoms with van der Waals surface area (Å²) in [5.41, 5.74) is 0.962. The Morgan fingerprint density at radius 3 is 2.40 bits per heavy atom. The van der Waals surface area contributed by atoms with Crippen LogP contribution in [0.1, 0.15) is 21.5 Å². The van der Waals surface area contributed by atoms with E-state index in [1.165, 1.54) is 37.4 Å². The number of hydrogen-bond acceptors (Lipinski definition) is 6. The Hall–Kier alpha value is -3.42. The number of ketones is 1. The molecule has 0 bridgehead atoms. The van der Waals surface area contributed by atoms with Crippen molar-refractivity contribution in [3.63, 3.8) is 0 Å². The largest absolute Gasteiger partial charge is 0.454 e. The molecule has 0 radical (unpaired) electrons. The molecule has 1 aliphatic rings. The molecule has 1 amide bonds.